The van der Waals surface area contributed by atoms with Crippen LogP contribution in [0, 0.1) is 5.82 Å². The van der Waals surface area contributed by atoms with Crippen molar-refractivity contribution in [3.05, 3.63) is 29.6 Å². The van der Waals surface area contributed by atoms with Gasteiger partial charge in [-0.3, -0.25) is 0 Å². The quantitative estimate of drug-likeness (QED) is 0.753. The molecule has 1 saturated carbocycles. The zero-order chi connectivity index (χ0) is 12.3. The monoisotopic (exact) mass is 236 g/mol. The molecular weight excluding hydrogens is 219 g/mol. The molecule has 0 aliphatic heterocycles. The van der Waals surface area contributed by atoms with Crippen LogP contribution in [0.5, 0.6) is 5.75 Å². The van der Waals surface area contributed by atoms with Crippen LogP contribution in [-0.2, 0) is 10.2 Å². The van der Waals surface area contributed by atoms with Gasteiger partial charge in [0.05, 0.1) is 12.5 Å². The summed E-state index contributed by atoms with van der Waals surface area (Å²) in [6, 6.07) is 4.82. The van der Waals surface area contributed by atoms with E-state index >= 15 is 0 Å². The van der Waals surface area contributed by atoms with Crippen LogP contribution in [0.1, 0.15) is 37.7 Å². The molecule has 17 heavy (non-hydrogen) atoms. The first-order chi connectivity index (χ1) is 8.23. The Labute approximate surface area is 101 Å². The minimum absolute atomic E-state index is 0.224. The largest absolute Gasteiger partial charge is 0.493 e. The van der Waals surface area contributed by atoms with Gasteiger partial charge >= 0.3 is 0 Å². The van der Waals surface area contributed by atoms with E-state index in [-0.39, 0.29) is 5.75 Å². The molecule has 0 radical (unpaired) electrons. The number of aldehydes is 1. The van der Waals surface area contributed by atoms with E-state index in [1.54, 1.807) is 6.07 Å². The number of halogens is 1. The van der Waals surface area contributed by atoms with Crippen LogP contribution in [0.4, 0.5) is 4.39 Å². The summed E-state index contributed by atoms with van der Waals surface area (Å²) in [6.45, 7) is 0. The maximum Gasteiger partial charge on any atom is 0.165 e. The lowest BCUT2D eigenvalue weighted by Crippen LogP contribution is -2.31. The number of methoxy groups -OCH3 is 1. The lowest BCUT2D eigenvalue weighted by Gasteiger charge is -2.33. The molecule has 3 heteroatoms. The molecule has 1 aromatic rings. The lowest BCUT2D eigenvalue weighted by molar-refractivity contribution is -0.113. The molecule has 0 atom stereocenters. The van der Waals surface area contributed by atoms with E-state index < -0.39 is 11.2 Å². The third-order valence-corrected chi connectivity index (χ3v) is 3.68. The fraction of sp³-hybridized carbons (Fsp3) is 0.500. The molecule has 0 heterocycles. The Morgan fingerprint density at radius 3 is 2.59 bits per heavy atom. The van der Waals surface area contributed by atoms with Gasteiger partial charge in [0, 0.05) is 5.56 Å². The molecule has 0 spiro atoms. The maximum atomic E-state index is 13.7. The normalized spacial score (nSPS) is 18.7. The highest BCUT2D eigenvalue weighted by atomic mass is 19.1. The van der Waals surface area contributed by atoms with Gasteiger partial charge in [-0.25, -0.2) is 4.39 Å². The van der Waals surface area contributed by atoms with Crippen molar-refractivity contribution in [2.45, 2.75) is 37.5 Å². The smallest absolute Gasteiger partial charge is 0.165 e. The number of rotatable bonds is 3. The van der Waals surface area contributed by atoms with Crippen molar-refractivity contribution >= 4 is 6.29 Å². The Bertz CT molecular complexity index is 409. The number of carbonyl (C=O) groups is 1. The van der Waals surface area contributed by atoms with Gasteiger partial charge in [-0.15, -0.1) is 0 Å². The maximum absolute atomic E-state index is 13.7. The highest BCUT2D eigenvalue weighted by Gasteiger charge is 2.36. The third kappa shape index (κ3) is 2.06. The number of para-hydroxylation sites is 1. The van der Waals surface area contributed by atoms with E-state index in [2.05, 4.69) is 0 Å². The van der Waals surface area contributed by atoms with Crippen LogP contribution in [0.25, 0.3) is 0 Å². The fourth-order valence-electron chi connectivity index (χ4n) is 2.74. The number of ether oxygens (including phenoxy) is 1. The van der Waals surface area contributed by atoms with Crippen molar-refractivity contribution < 1.29 is 13.9 Å². The zero-order valence-electron chi connectivity index (χ0n) is 10.0. The molecule has 2 rings (SSSR count). The Hall–Kier alpha value is -1.38. The number of benzene rings is 1. The molecule has 92 valence electrons. The van der Waals surface area contributed by atoms with Crippen LogP contribution < -0.4 is 4.74 Å². The molecule has 0 amide bonds. The van der Waals surface area contributed by atoms with Crippen molar-refractivity contribution in [1.29, 1.82) is 0 Å². The molecular formula is C14H17FO2. The summed E-state index contributed by atoms with van der Waals surface area (Å²) >= 11 is 0. The molecule has 0 N–H and O–H groups in total. The Kier molecular flexibility index (Phi) is 3.46. The highest BCUT2D eigenvalue weighted by Crippen LogP contribution is 2.42. The summed E-state index contributed by atoms with van der Waals surface area (Å²) in [6.07, 6.45) is 5.72. The van der Waals surface area contributed by atoms with Gasteiger partial charge in [0.25, 0.3) is 0 Å². The van der Waals surface area contributed by atoms with E-state index in [4.69, 9.17) is 4.74 Å². The Balaban J connectivity index is 2.49. The highest BCUT2D eigenvalue weighted by molar-refractivity contribution is 5.71. The molecule has 1 aliphatic rings. The standard InChI is InChI=1S/C14H17FO2/c1-17-13-11(6-5-7-12(13)15)14(10-16)8-3-2-4-9-14/h5-7,10H,2-4,8-9H2,1H3. The lowest BCUT2D eigenvalue weighted by atomic mass is 9.70. The first kappa shape index (κ1) is 12.1. The van der Waals surface area contributed by atoms with Crippen molar-refractivity contribution in [3.8, 4) is 5.75 Å². The van der Waals surface area contributed by atoms with Gasteiger partial charge in [0.1, 0.15) is 6.29 Å². The molecule has 1 fully saturated rings. The number of carbonyl (C=O) groups excluding carboxylic acids is 1. The average molecular weight is 236 g/mol. The summed E-state index contributed by atoms with van der Waals surface area (Å²) in [5.41, 5.74) is 0.154. The number of hydrogen-bond acceptors (Lipinski definition) is 2. The van der Waals surface area contributed by atoms with E-state index in [1.165, 1.54) is 13.2 Å². The molecule has 1 aliphatic carbocycles. The van der Waals surface area contributed by atoms with Gasteiger partial charge in [-0.2, -0.15) is 0 Å². The van der Waals surface area contributed by atoms with Gasteiger partial charge in [0.15, 0.2) is 11.6 Å². The van der Waals surface area contributed by atoms with Crippen LogP contribution in [-0.4, -0.2) is 13.4 Å². The van der Waals surface area contributed by atoms with E-state index in [9.17, 15) is 9.18 Å². The molecule has 0 aromatic heterocycles. The molecule has 0 saturated heterocycles. The second kappa shape index (κ2) is 4.86. The SMILES string of the molecule is COc1c(F)cccc1C1(C=O)CCCCC1. The Morgan fingerprint density at radius 1 is 1.29 bits per heavy atom. The minimum atomic E-state index is -0.550. The zero-order valence-corrected chi connectivity index (χ0v) is 10.0. The van der Waals surface area contributed by atoms with Crippen LogP contribution in [0.15, 0.2) is 18.2 Å². The van der Waals surface area contributed by atoms with Gasteiger partial charge in [-0.05, 0) is 18.9 Å². The third-order valence-electron chi connectivity index (χ3n) is 3.68. The Morgan fingerprint density at radius 2 is 2.00 bits per heavy atom. The molecule has 1 aromatic carbocycles. The first-order valence-corrected chi connectivity index (χ1v) is 6.03. The van der Waals surface area contributed by atoms with Crippen molar-refractivity contribution in [2.75, 3.05) is 7.11 Å². The van der Waals surface area contributed by atoms with Crippen molar-refractivity contribution in [2.24, 2.45) is 0 Å². The topological polar surface area (TPSA) is 26.3 Å². The second-order valence-electron chi connectivity index (χ2n) is 4.66. The van der Waals surface area contributed by atoms with Crippen molar-refractivity contribution in [1.82, 2.24) is 0 Å². The summed E-state index contributed by atoms with van der Waals surface area (Å²) in [7, 11) is 1.45. The van der Waals surface area contributed by atoms with Crippen LogP contribution >= 0.6 is 0 Å². The van der Waals surface area contributed by atoms with Gasteiger partial charge in [0.2, 0.25) is 0 Å². The summed E-state index contributed by atoms with van der Waals surface area (Å²) in [5.74, 6) is -0.168. The van der Waals surface area contributed by atoms with Crippen LogP contribution in [0.2, 0.25) is 0 Å². The van der Waals surface area contributed by atoms with E-state index in [1.807, 2.05) is 6.07 Å². The van der Waals surface area contributed by atoms with E-state index in [0.717, 1.165) is 38.4 Å². The van der Waals surface area contributed by atoms with Gasteiger partial charge in [-0.1, -0.05) is 31.4 Å². The average Bonchev–Trinajstić information content (AvgIpc) is 2.39. The summed E-state index contributed by atoms with van der Waals surface area (Å²) < 4.78 is 18.8. The summed E-state index contributed by atoms with van der Waals surface area (Å²) in [4.78, 5) is 11.5. The van der Waals surface area contributed by atoms with Gasteiger partial charge < -0.3 is 9.53 Å². The van der Waals surface area contributed by atoms with Crippen molar-refractivity contribution in [3.63, 3.8) is 0 Å². The first-order valence-electron chi connectivity index (χ1n) is 6.03. The molecule has 2 nitrogen and oxygen atoms in total. The fourth-order valence-corrected chi connectivity index (χ4v) is 2.74. The predicted octanol–water partition coefficient (Wildman–Crippen LogP) is 3.24. The minimum Gasteiger partial charge on any atom is -0.493 e. The number of hydrogen-bond donors (Lipinski definition) is 0. The second-order valence-corrected chi connectivity index (χ2v) is 4.66. The summed E-state index contributed by atoms with van der Waals surface area (Å²) in [5, 5.41) is 0. The molecule has 0 unspecified atom stereocenters. The van der Waals surface area contributed by atoms with Crippen LogP contribution in [0.3, 0.4) is 0 Å². The van der Waals surface area contributed by atoms with E-state index in [0.29, 0.717) is 5.56 Å². The molecule has 0 bridgehead atoms. The predicted molar refractivity (Wildman–Crippen MR) is 63.8 cm³/mol.